The maximum absolute atomic E-state index is 13.1. The minimum Gasteiger partial charge on any atom is -0.307 e. The first-order valence-electron chi connectivity index (χ1n) is 9.72. The van der Waals surface area contributed by atoms with Gasteiger partial charge in [0.25, 0.3) is 0 Å². The highest BCUT2D eigenvalue weighted by Gasteiger charge is 2.33. The molecule has 1 heterocycles. The molecule has 0 bridgehead atoms. The molecule has 7 heteroatoms. The number of rotatable bonds is 3. The second-order valence-corrected chi connectivity index (χ2v) is 7.25. The van der Waals surface area contributed by atoms with Gasteiger partial charge in [0.15, 0.2) is 0 Å². The van der Waals surface area contributed by atoms with E-state index in [1.807, 2.05) is 6.07 Å². The molecule has 0 radical (unpaired) electrons. The summed E-state index contributed by atoms with van der Waals surface area (Å²) in [4.78, 5) is 16.6. The molecular weight excluding hydrogens is 391 g/mol. The Balaban J connectivity index is 1.45. The number of aryl methyl sites for hydroxylation is 2. The van der Waals surface area contributed by atoms with Crippen molar-refractivity contribution in [2.45, 2.75) is 31.9 Å². The normalized spacial score (nSPS) is 13.4. The summed E-state index contributed by atoms with van der Waals surface area (Å²) in [6, 6.07) is 13.9. The van der Waals surface area contributed by atoms with Crippen LogP contribution in [0.1, 0.15) is 29.5 Å². The SMILES string of the molecule is O=C(Nc1ccc(-c2ccc3c(c2)CCCC3)nc1)Nc1ccccc1C(F)(F)F. The fraction of sp³-hybridized carbons (Fsp3) is 0.217. The van der Waals surface area contributed by atoms with Gasteiger partial charge in [-0.3, -0.25) is 4.98 Å². The van der Waals surface area contributed by atoms with Crippen LogP contribution in [0.3, 0.4) is 0 Å². The monoisotopic (exact) mass is 411 g/mol. The van der Waals surface area contributed by atoms with Crippen molar-refractivity contribution in [3.8, 4) is 11.3 Å². The maximum atomic E-state index is 13.1. The number of urea groups is 1. The van der Waals surface area contributed by atoms with Crippen LogP contribution in [-0.2, 0) is 19.0 Å². The van der Waals surface area contributed by atoms with Crippen LogP contribution in [0.4, 0.5) is 29.3 Å². The number of aromatic nitrogens is 1. The van der Waals surface area contributed by atoms with Gasteiger partial charge in [-0.15, -0.1) is 0 Å². The standard InChI is InChI=1S/C23H20F3N3O/c24-23(25,26)19-7-3-4-8-21(19)29-22(30)28-18-11-12-20(27-14-18)17-10-9-15-5-1-2-6-16(15)13-17/h3-4,7-14H,1-2,5-6H2,(H2,28,29,30). The zero-order chi connectivity index (χ0) is 21.1. The van der Waals surface area contributed by atoms with Crippen molar-refractivity contribution in [2.75, 3.05) is 10.6 Å². The van der Waals surface area contributed by atoms with Crippen LogP contribution in [0.2, 0.25) is 0 Å². The quantitative estimate of drug-likeness (QED) is 0.532. The molecule has 0 fully saturated rings. The Morgan fingerprint density at radius 1 is 0.900 bits per heavy atom. The Morgan fingerprint density at radius 3 is 2.40 bits per heavy atom. The summed E-state index contributed by atoms with van der Waals surface area (Å²) in [5.74, 6) is 0. The highest BCUT2D eigenvalue weighted by Crippen LogP contribution is 2.34. The number of halogens is 3. The van der Waals surface area contributed by atoms with Gasteiger partial charge in [0.1, 0.15) is 0 Å². The Morgan fingerprint density at radius 2 is 1.67 bits per heavy atom. The molecule has 1 aromatic heterocycles. The Labute approximate surface area is 172 Å². The molecule has 4 rings (SSSR count). The molecule has 1 aliphatic carbocycles. The molecule has 2 amide bonds. The van der Waals surface area contributed by atoms with Crippen molar-refractivity contribution < 1.29 is 18.0 Å². The van der Waals surface area contributed by atoms with E-state index in [-0.39, 0.29) is 5.69 Å². The van der Waals surface area contributed by atoms with E-state index in [1.165, 1.54) is 48.4 Å². The molecule has 30 heavy (non-hydrogen) atoms. The molecule has 1 aliphatic rings. The molecule has 0 saturated heterocycles. The highest BCUT2D eigenvalue weighted by molar-refractivity contribution is 6.00. The second-order valence-electron chi connectivity index (χ2n) is 7.25. The van der Waals surface area contributed by atoms with E-state index >= 15 is 0 Å². The van der Waals surface area contributed by atoms with Crippen LogP contribution in [0.5, 0.6) is 0 Å². The van der Waals surface area contributed by atoms with Crippen molar-refractivity contribution in [3.63, 3.8) is 0 Å². The second kappa shape index (κ2) is 8.18. The van der Waals surface area contributed by atoms with Gasteiger partial charge in [-0.25, -0.2) is 4.79 Å². The lowest BCUT2D eigenvalue weighted by molar-refractivity contribution is -0.136. The minimum absolute atomic E-state index is 0.305. The molecule has 2 N–H and O–H groups in total. The number of carbonyl (C=O) groups is 1. The molecule has 0 unspecified atom stereocenters. The van der Waals surface area contributed by atoms with E-state index in [9.17, 15) is 18.0 Å². The Bertz CT molecular complexity index is 1060. The summed E-state index contributed by atoms with van der Waals surface area (Å²) < 4.78 is 39.2. The van der Waals surface area contributed by atoms with Gasteiger partial charge in [0.05, 0.1) is 28.8 Å². The van der Waals surface area contributed by atoms with Crippen molar-refractivity contribution in [1.29, 1.82) is 0 Å². The fourth-order valence-electron chi connectivity index (χ4n) is 3.66. The van der Waals surface area contributed by atoms with Crippen LogP contribution in [0, 0.1) is 0 Å². The number of anilines is 2. The Hall–Kier alpha value is -3.35. The highest BCUT2D eigenvalue weighted by atomic mass is 19.4. The summed E-state index contributed by atoms with van der Waals surface area (Å²) >= 11 is 0. The number of pyridine rings is 1. The molecule has 0 spiro atoms. The average Bonchev–Trinajstić information content (AvgIpc) is 2.73. The summed E-state index contributed by atoms with van der Waals surface area (Å²) in [5, 5.41) is 4.77. The van der Waals surface area contributed by atoms with Crippen LogP contribution in [0.15, 0.2) is 60.8 Å². The van der Waals surface area contributed by atoms with Crippen LogP contribution in [-0.4, -0.2) is 11.0 Å². The topological polar surface area (TPSA) is 54.0 Å². The number of hydrogen-bond donors (Lipinski definition) is 2. The number of alkyl halides is 3. The first kappa shape index (κ1) is 19.9. The summed E-state index contributed by atoms with van der Waals surface area (Å²) in [6.45, 7) is 0. The summed E-state index contributed by atoms with van der Waals surface area (Å²) in [6.07, 6.45) is 1.53. The first-order chi connectivity index (χ1) is 14.4. The molecular formula is C23H20F3N3O. The van der Waals surface area contributed by atoms with E-state index in [2.05, 4.69) is 27.8 Å². The molecule has 3 aromatic rings. The van der Waals surface area contributed by atoms with Crippen molar-refractivity contribution in [3.05, 3.63) is 77.5 Å². The zero-order valence-electron chi connectivity index (χ0n) is 16.1. The number of carbonyl (C=O) groups excluding carboxylic acids is 1. The number of amides is 2. The van der Waals surface area contributed by atoms with E-state index in [0.717, 1.165) is 30.2 Å². The predicted octanol–water partition coefficient (Wildman–Crippen LogP) is 6.29. The Kier molecular flexibility index (Phi) is 5.44. The largest absolute Gasteiger partial charge is 0.418 e. The third-order valence-electron chi connectivity index (χ3n) is 5.15. The van der Waals surface area contributed by atoms with E-state index < -0.39 is 17.8 Å². The molecule has 0 atom stereocenters. The zero-order valence-corrected chi connectivity index (χ0v) is 16.1. The van der Waals surface area contributed by atoms with Gasteiger partial charge < -0.3 is 10.6 Å². The third kappa shape index (κ3) is 4.45. The lowest BCUT2D eigenvalue weighted by Crippen LogP contribution is -2.21. The number of hydrogen-bond acceptors (Lipinski definition) is 2. The smallest absolute Gasteiger partial charge is 0.307 e. The first-order valence-corrected chi connectivity index (χ1v) is 9.72. The van der Waals surface area contributed by atoms with E-state index in [0.29, 0.717) is 5.69 Å². The van der Waals surface area contributed by atoms with Crippen molar-refractivity contribution in [2.24, 2.45) is 0 Å². The van der Waals surface area contributed by atoms with Gasteiger partial charge in [-0.1, -0.05) is 24.3 Å². The number of nitrogens with zero attached hydrogens (tertiary/aromatic N) is 1. The van der Waals surface area contributed by atoms with Crippen molar-refractivity contribution >= 4 is 17.4 Å². The predicted molar refractivity (Wildman–Crippen MR) is 110 cm³/mol. The van der Waals surface area contributed by atoms with Crippen molar-refractivity contribution in [1.82, 2.24) is 4.98 Å². The molecule has 4 nitrogen and oxygen atoms in total. The number of fused-ring (bicyclic) bond motifs is 1. The lowest BCUT2D eigenvalue weighted by Gasteiger charge is -2.16. The molecule has 154 valence electrons. The van der Waals surface area contributed by atoms with Gasteiger partial charge in [-0.05, 0) is 67.1 Å². The molecule has 2 aromatic carbocycles. The van der Waals surface area contributed by atoms with Crippen LogP contribution in [0.25, 0.3) is 11.3 Å². The molecule has 0 aliphatic heterocycles. The van der Waals surface area contributed by atoms with Gasteiger partial charge in [0.2, 0.25) is 0 Å². The summed E-state index contributed by atoms with van der Waals surface area (Å²) in [5.41, 5.74) is 3.70. The fourth-order valence-corrected chi connectivity index (χ4v) is 3.66. The number of benzene rings is 2. The van der Waals surface area contributed by atoms with Gasteiger partial charge >= 0.3 is 12.2 Å². The average molecular weight is 411 g/mol. The third-order valence-corrected chi connectivity index (χ3v) is 5.15. The van der Waals surface area contributed by atoms with E-state index in [4.69, 9.17) is 0 Å². The van der Waals surface area contributed by atoms with Gasteiger partial charge in [0, 0.05) is 5.56 Å². The minimum atomic E-state index is -4.55. The van der Waals surface area contributed by atoms with Gasteiger partial charge in [-0.2, -0.15) is 13.2 Å². The number of nitrogens with one attached hydrogen (secondary N) is 2. The molecule has 0 saturated carbocycles. The summed E-state index contributed by atoms with van der Waals surface area (Å²) in [7, 11) is 0. The van der Waals surface area contributed by atoms with Crippen LogP contribution < -0.4 is 10.6 Å². The van der Waals surface area contributed by atoms with Crippen LogP contribution >= 0.6 is 0 Å². The number of para-hydroxylation sites is 1. The lowest BCUT2D eigenvalue weighted by atomic mass is 9.90. The van der Waals surface area contributed by atoms with E-state index in [1.54, 1.807) is 12.1 Å². The maximum Gasteiger partial charge on any atom is 0.418 e.